The lowest BCUT2D eigenvalue weighted by Gasteiger charge is -2.31. The number of carbonyl (C=O) groups excluding carboxylic acids is 1. The number of nitrogens with zero attached hydrogens (tertiary/aromatic N) is 1. The van der Waals surface area contributed by atoms with E-state index in [1.54, 1.807) is 11.3 Å². The summed E-state index contributed by atoms with van der Waals surface area (Å²) < 4.78 is 5.64. The highest BCUT2D eigenvalue weighted by molar-refractivity contribution is 7.12. The Labute approximate surface area is 119 Å². The van der Waals surface area contributed by atoms with E-state index in [9.17, 15) is 4.79 Å². The first kappa shape index (κ1) is 14.7. The molecule has 1 aliphatic rings. The van der Waals surface area contributed by atoms with Crippen molar-refractivity contribution in [3.05, 3.63) is 22.4 Å². The topological polar surface area (TPSA) is 29.5 Å². The van der Waals surface area contributed by atoms with Gasteiger partial charge in [-0.3, -0.25) is 4.79 Å². The van der Waals surface area contributed by atoms with E-state index in [0.29, 0.717) is 18.3 Å². The molecular formula is C15H23NO2S. The van der Waals surface area contributed by atoms with Crippen LogP contribution in [-0.2, 0) is 4.74 Å². The molecule has 1 saturated heterocycles. The largest absolute Gasteiger partial charge is 0.378 e. The van der Waals surface area contributed by atoms with E-state index in [1.165, 1.54) is 0 Å². The number of hydrogen-bond acceptors (Lipinski definition) is 4. The highest BCUT2D eigenvalue weighted by atomic mass is 32.1. The van der Waals surface area contributed by atoms with Gasteiger partial charge >= 0.3 is 0 Å². The summed E-state index contributed by atoms with van der Waals surface area (Å²) >= 11 is 1.54. The Morgan fingerprint density at radius 2 is 2.26 bits per heavy atom. The molecule has 0 bridgehead atoms. The first-order valence-corrected chi connectivity index (χ1v) is 8.08. The predicted octanol–water partition coefficient (Wildman–Crippen LogP) is 3.21. The third-order valence-corrected chi connectivity index (χ3v) is 4.52. The van der Waals surface area contributed by atoms with E-state index in [0.717, 1.165) is 50.4 Å². The molecule has 0 saturated carbocycles. The van der Waals surface area contributed by atoms with Crippen LogP contribution in [0.2, 0.25) is 0 Å². The molecule has 3 nitrogen and oxygen atoms in total. The lowest BCUT2D eigenvalue weighted by molar-refractivity contribution is 0.0140. The summed E-state index contributed by atoms with van der Waals surface area (Å²) in [5.41, 5.74) is 0. The first-order valence-electron chi connectivity index (χ1n) is 7.20. The third kappa shape index (κ3) is 4.71. The van der Waals surface area contributed by atoms with Crippen LogP contribution < -0.4 is 0 Å². The molecule has 0 aromatic carbocycles. The zero-order chi connectivity index (χ0) is 13.5. The number of thiophene rings is 1. The zero-order valence-electron chi connectivity index (χ0n) is 11.6. The lowest BCUT2D eigenvalue weighted by Crippen LogP contribution is -2.37. The van der Waals surface area contributed by atoms with Gasteiger partial charge in [0.1, 0.15) is 0 Å². The Morgan fingerprint density at radius 1 is 1.47 bits per heavy atom. The van der Waals surface area contributed by atoms with Gasteiger partial charge in [0.25, 0.3) is 0 Å². The van der Waals surface area contributed by atoms with Gasteiger partial charge in [-0.2, -0.15) is 0 Å². The molecule has 0 aliphatic carbocycles. The van der Waals surface area contributed by atoms with Gasteiger partial charge in [0.15, 0.2) is 5.78 Å². The molecule has 4 heteroatoms. The van der Waals surface area contributed by atoms with Gasteiger partial charge in [-0.25, -0.2) is 0 Å². The predicted molar refractivity (Wildman–Crippen MR) is 79.0 cm³/mol. The average molecular weight is 281 g/mol. The Balaban J connectivity index is 1.61. The molecule has 2 heterocycles. The van der Waals surface area contributed by atoms with Crippen molar-refractivity contribution < 1.29 is 9.53 Å². The molecule has 19 heavy (non-hydrogen) atoms. The molecule has 1 fully saturated rings. The number of piperidine rings is 1. The molecule has 0 N–H and O–H groups in total. The minimum atomic E-state index is 0.291. The van der Waals surface area contributed by atoms with Crippen LogP contribution in [0.1, 0.15) is 42.3 Å². The van der Waals surface area contributed by atoms with Crippen LogP contribution in [0, 0.1) is 0 Å². The summed E-state index contributed by atoms with van der Waals surface area (Å²) in [6.45, 7) is 6.13. The number of hydrogen-bond donors (Lipinski definition) is 0. The van der Waals surface area contributed by atoms with E-state index in [2.05, 4.69) is 11.8 Å². The van der Waals surface area contributed by atoms with Gasteiger partial charge in [0.2, 0.25) is 0 Å². The van der Waals surface area contributed by atoms with Crippen molar-refractivity contribution in [2.24, 2.45) is 0 Å². The van der Waals surface area contributed by atoms with Crippen molar-refractivity contribution in [2.45, 2.75) is 38.7 Å². The van der Waals surface area contributed by atoms with Crippen LogP contribution in [0.15, 0.2) is 17.5 Å². The fourth-order valence-electron chi connectivity index (χ4n) is 2.56. The van der Waals surface area contributed by atoms with E-state index in [1.807, 2.05) is 17.5 Å². The van der Waals surface area contributed by atoms with E-state index >= 15 is 0 Å². The Bertz CT molecular complexity index is 370. The van der Waals surface area contributed by atoms with Crippen molar-refractivity contribution in [1.29, 1.82) is 0 Å². The van der Waals surface area contributed by atoms with Gasteiger partial charge in [-0.15, -0.1) is 11.3 Å². The fraction of sp³-hybridized carbons (Fsp3) is 0.667. The van der Waals surface area contributed by atoms with Crippen molar-refractivity contribution >= 4 is 17.1 Å². The normalized spacial score (nSPS) is 17.7. The van der Waals surface area contributed by atoms with Crippen molar-refractivity contribution in [3.63, 3.8) is 0 Å². The molecule has 1 aromatic heterocycles. The molecule has 0 amide bonds. The number of ketones is 1. The maximum absolute atomic E-state index is 11.9. The van der Waals surface area contributed by atoms with Gasteiger partial charge < -0.3 is 9.64 Å². The Morgan fingerprint density at radius 3 is 2.89 bits per heavy atom. The molecule has 2 rings (SSSR count). The second-order valence-corrected chi connectivity index (χ2v) is 5.95. The van der Waals surface area contributed by atoms with E-state index < -0.39 is 0 Å². The molecule has 1 aliphatic heterocycles. The maximum atomic E-state index is 11.9. The third-order valence-electron chi connectivity index (χ3n) is 3.61. The molecule has 106 valence electrons. The van der Waals surface area contributed by atoms with Gasteiger partial charge in [0, 0.05) is 26.1 Å². The highest BCUT2D eigenvalue weighted by Gasteiger charge is 2.19. The van der Waals surface area contributed by atoms with Gasteiger partial charge in [-0.1, -0.05) is 6.07 Å². The summed E-state index contributed by atoms with van der Waals surface area (Å²) in [6, 6.07) is 3.86. The monoisotopic (exact) mass is 281 g/mol. The minimum Gasteiger partial charge on any atom is -0.378 e. The molecule has 0 unspecified atom stereocenters. The summed E-state index contributed by atoms with van der Waals surface area (Å²) in [5.74, 6) is 0.291. The molecular weight excluding hydrogens is 258 g/mol. The van der Waals surface area contributed by atoms with Crippen LogP contribution in [0.5, 0.6) is 0 Å². The molecule has 0 radical (unpaired) electrons. The lowest BCUT2D eigenvalue weighted by atomic mass is 10.1. The second kappa shape index (κ2) is 7.78. The first-order chi connectivity index (χ1) is 9.29. The van der Waals surface area contributed by atoms with Crippen LogP contribution in [0.25, 0.3) is 0 Å². The quantitative estimate of drug-likeness (QED) is 0.719. The van der Waals surface area contributed by atoms with Crippen molar-refractivity contribution in [2.75, 3.05) is 26.2 Å². The standard InChI is InChI=1S/C15H23NO2S/c1-2-18-13-7-10-16(11-8-13)9-3-5-14(17)15-6-4-12-19-15/h4,6,12-13H,2-3,5,7-11H2,1H3. The van der Waals surface area contributed by atoms with Gasteiger partial charge in [0.05, 0.1) is 11.0 Å². The molecule has 0 atom stereocenters. The zero-order valence-corrected chi connectivity index (χ0v) is 12.5. The molecule has 0 spiro atoms. The summed E-state index contributed by atoms with van der Waals surface area (Å²) in [4.78, 5) is 15.2. The summed E-state index contributed by atoms with van der Waals surface area (Å²) in [7, 11) is 0. The Hall–Kier alpha value is -0.710. The van der Waals surface area contributed by atoms with Crippen LogP contribution >= 0.6 is 11.3 Å². The minimum absolute atomic E-state index is 0.291. The fourth-order valence-corrected chi connectivity index (χ4v) is 3.25. The van der Waals surface area contributed by atoms with Crippen LogP contribution in [0.4, 0.5) is 0 Å². The summed E-state index contributed by atoms with van der Waals surface area (Å²) in [5, 5.41) is 1.96. The number of Topliss-reactive ketones (excluding diaryl/α,β-unsaturated/α-hetero) is 1. The number of ether oxygens (including phenoxy) is 1. The van der Waals surface area contributed by atoms with E-state index in [-0.39, 0.29) is 0 Å². The SMILES string of the molecule is CCOC1CCN(CCCC(=O)c2cccs2)CC1. The van der Waals surface area contributed by atoms with Crippen molar-refractivity contribution in [1.82, 2.24) is 4.90 Å². The summed E-state index contributed by atoms with van der Waals surface area (Å²) in [6.07, 6.45) is 4.36. The highest BCUT2D eigenvalue weighted by Crippen LogP contribution is 2.16. The second-order valence-electron chi connectivity index (χ2n) is 5.00. The molecule has 1 aromatic rings. The average Bonchev–Trinajstić information content (AvgIpc) is 2.95. The van der Waals surface area contributed by atoms with Crippen LogP contribution in [-0.4, -0.2) is 43.0 Å². The maximum Gasteiger partial charge on any atom is 0.172 e. The smallest absolute Gasteiger partial charge is 0.172 e. The van der Waals surface area contributed by atoms with Crippen LogP contribution in [0.3, 0.4) is 0 Å². The van der Waals surface area contributed by atoms with E-state index in [4.69, 9.17) is 4.74 Å². The number of likely N-dealkylation sites (tertiary alicyclic amines) is 1. The number of rotatable bonds is 7. The van der Waals surface area contributed by atoms with Gasteiger partial charge in [-0.05, 0) is 44.2 Å². The Kier molecular flexibility index (Phi) is 6.01. The number of carbonyl (C=O) groups is 1. The van der Waals surface area contributed by atoms with Crippen molar-refractivity contribution in [3.8, 4) is 0 Å².